The summed E-state index contributed by atoms with van der Waals surface area (Å²) in [4.78, 5) is 53.1. The van der Waals surface area contributed by atoms with Crippen molar-refractivity contribution in [1.82, 2.24) is 4.90 Å². The molecule has 2 bridgehead atoms. The molecule has 2 saturated carbocycles. The predicted octanol–water partition coefficient (Wildman–Crippen LogP) is 2.78. The van der Waals surface area contributed by atoms with Gasteiger partial charge in [-0.05, 0) is 66.7 Å². The molecule has 5 aliphatic rings. The van der Waals surface area contributed by atoms with Crippen LogP contribution in [0.5, 0.6) is 0 Å². The van der Waals surface area contributed by atoms with Gasteiger partial charge in [0.15, 0.2) is 6.61 Å². The normalized spacial score (nSPS) is 31.9. The Morgan fingerprint density at radius 1 is 1.06 bits per heavy atom. The zero-order chi connectivity index (χ0) is 23.4. The molecule has 3 amide bonds. The summed E-state index contributed by atoms with van der Waals surface area (Å²) >= 11 is 0. The molecule has 0 radical (unpaired) electrons. The maximum absolute atomic E-state index is 13.4. The number of benzene rings is 1. The fraction of sp³-hybridized carbons (Fsp3) is 0.520. The summed E-state index contributed by atoms with van der Waals surface area (Å²) in [5, 5.41) is 2.52. The number of rotatable bonds is 7. The van der Waals surface area contributed by atoms with Gasteiger partial charge in [-0.15, -0.1) is 0 Å². The number of imide groups is 1. The zero-order valence-corrected chi connectivity index (χ0v) is 18.6. The van der Waals surface area contributed by atoms with Crippen molar-refractivity contribution < 1.29 is 28.3 Å². The number of carbonyl (C=O) groups is 4. The Hall–Kier alpha value is -3.03. The molecule has 7 atom stereocenters. The van der Waals surface area contributed by atoms with Crippen LogP contribution in [-0.2, 0) is 23.9 Å². The van der Waals surface area contributed by atoms with E-state index in [9.17, 15) is 23.6 Å². The molecular weight excluding hydrogens is 427 g/mol. The largest absolute Gasteiger partial charge is 0.454 e. The minimum atomic E-state index is -1.05. The second-order valence-electron chi connectivity index (χ2n) is 10.0. The van der Waals surface area contributed by atoms with Gasteiger partial charge in [0.05, 0.1) is 11.8 Å². The second-order valence-corrected chi connectivity index (χ2v) is 10.0. The third-order valence-electron chi connectivity index (χ3n) is 7.45. The Labute approximate surface area is 191 Å². The van der Waals surface area contributed by atoms with Crippen LogP contribution in [-0.4, -0.2) is 41.2 Å². The van der Waals surface area contributed by atoms with Crippen LogP contribution in [0, 0.1) is 47.2 Å². The van der Waals surface area contributed by atoms with Crippen molar-refractivity contribution in [3.8, 4) is 0 Å². The molecule has 0 aromatic heterocycles. The van der Waals surface area contributed by atoms with Gasteiger partial charge in [-0.1, -0.05) is 26.0 Å². The van der Waals surface area contributed by atoms with Gasteiger partial charge in [0.1, 0.15) is 11.9 Å². The number of nitrogens with one attached hydrogen (secondary N) is 1. The minimum Gasteiger partial charge on any atom is -0.454 e. The number of esters is 1. The maximum atomic E-state index is 13.4. The van der Waals surface area contributed by atoms with E-state index in [2.05, 4.69) is 17.5 Å². The Bertz CT molecular complexity index is 1000. The number of anilines is 1. The van der Waals surface area contributed by atoms with Gasteiger partial charge in [-0.25, -0.2) is 9.18 Å². The number of ether oxygens (including phenoxy) is 1. The van der Waals surface area contributed by atoms with Crippen molar-refractivity contribution in [3.63, 3.8) is 0 Å². The van der Waals surface area contributed by atoms with E-state index in [0.717, 1.165) is 11.3 Å². The van der Waals surface area contributed by atoms with E-state index in [1.165, 1.54) is 24.3 Å². The number of allylic oxidation sites excluding steroid dienone is 2. The lowest BCUT2D eigenvalue weighted by Crippen LogP contribution is -2.47. The summed E-state index contributed by atoms with van der Waals surface area (Å²) < 4.78 is 18.3. The number of hydrogen-bond donors (Lipinski definition) is 1. The Morgan fingerprint density at radius 2 is 1.64 bits per heavy atom. The average Bonchev–Trinajstić information content (AvgIpc) is 3.56. The molecule has 174 valence electrons. The Kier molecular flexibility index (Phi) is 5.34. The number of nitrogens with zero attached hydrogens (tertiary/aromatic N) is 1. The molecular formula is C25H27FN2O5. The van der Waals surface area contributed by atoms with Crippen molar-refractivity contribution in [2.75, 3.05) is 11.9 Å². The van der Waals surface area contributed by atoms with E-state index in [4.69, 9.17) is 4.74 Å². The number of hydrogen-bond acceptors (Lipinski definition) is 5. The quantitative estimate of drug-likeness (QED) is 0.389. The smallest absolute Gasteiger partial charge is 0.329 e. The van der Waals surface area contributed by atoms with Gasteiger partial charge < -0.3 is 10.1 Å². The molecule has 3 fully saturated rings. The van der Waals surface area contributed by atoms with Crippen LogP contribution >= 0.6 is 0 Å². The molecule has 1 saturated heterocycles. The maximum Gasteiger partial charge on any atom is 0.329 e. The predicted molar refractivity (Wildman–Crippen MR) is 116 cm³/mol. The first-order valence-corrected chi connectivity index (χ1v) is 11.5. The highest BCUT2D eigenvalue weighted by Crippen LogP contribution is 2.65. The number of halogens is 1. The monoisotopic (exact) mass is 454 g/mol. The van der Waals surface area contributed by atoms with Crippen LogP contribution in [0.15, 0.2) is 36.4 Å². The van der Waals surface area contributed by atoms with Crippen LogP contribution in [0.3, 0.4) is 0 Å². The van der Waals surface area contributed by atoms with Crippen LogP contribution in [0.2, 0.25) is 0 Å². The van der Waals surface area contributed by atoms with Crippen LogP contribution in [0.4, 0.5) is 10.1 Å². The zero-order valence-electron chi connectivity index (χ0n) is 18.6. The molecule has 7 nitrogen and oxygen atoms in total. The van der Waals surface area contributed by atoms with Crippen LogP contribution in [0.1, 0.15) is 26.7 Å². The van der Waals surface area contributed by atoms with Crippen molar-refractivity contribution >= 4 is 29.4 Å². The van der Waals surface area contributed by atoms with E-state index >= 15 is 0 Å². The molecule has 4 aliphatic carbocycles. The fourth-order valence-electron chi connectivity index (χ4n) is 6.00. The van der Waals surface area contributed by atoms with Crippen molar-refractivity contribution in [3.05, 3.63) is 42.2 Å². The lowest BCUT2D eigenvalue weighted by Gasteiger charge is -2.37. The topological polar surface area (TPSA) is 92.8 Å². The standard InChI is InChI=1S/C25H27FN2O5/c1-12(2)9-19(25(32)33-11-20(29)27-14-5-3-13(26)4-6-14)28-23(30)21-15-7-8-16(18-10-17(15)18)22(21)24(28)31/h3-8,12,15-19,21-22H,9-11H2,1-2H3,(H,27,29)/t15-,16-,17-,18+,19+,21-,22+/m0/s1. The highest BCUT2D eigenvalue weighted by Gasteiger charge is 2.68. The van der Waals surface area contributed by atoms with Gasteiger partial charge in [0.25, 0.3) is 5.91 Å². The molecule has 1 heterocycles. The van der Waals surface area contributed by atoms with E-state index in [1.807, 2.05) is 13.8 Å². The number of amides is 3. The molecule has 1 aliphatic heterocycles. The first-order chi connectivity index (χ1) is 15.8. The van der Waals surface area contributed by atoms with Crippen molar-refractivity contribution in [2.45, 2.75) is 32.7 Å². The minimum absolute atomic E-state index is 0.0297. The molecule has 33 heavy (non-hydrogen) atoms. The number of likely N-dealkylation sites (tertiary alicyclic amines) is 1. The summed E-state index contributed by atoms with van der Waals surface area (Å²) in [5.41, 5.74) is 0.367. The van der Waals surface area contributed by atoms with E-state index in [1.54, 1.807) is 0 Å². The summed E-state index contributed by atoms with van der Waals surface area (Å²) in [6.45, 7) is 3.24. The lowest BCUT2D eigenvalue weighted by molar-refractivity contribution is -0.160. The first kappa shape index (κ1) is 21.8. The summed E-state index contributed by atoms with van der Waals surface area (Å²) in [6.07, 6.45) is 5.51. The van der Waals surface area contributed by atoms with Gasteiger partial charge in [0.2, 0.25) is 11.8 Å². The summed E-state index contributed by atoms with van der Waals surface area (Å²) in [5.74, 6) is -2.00. The highest BCUT2D eigenvalue weighted by molar-refractivity contribution is 6.09. The SMILES string of the molecule is CC(C)C[C@H](C(=O)OCC(=O)Nc1ccc(F)cc1)N1C(=O)[C@@H]2[C@H]3C=C[C@@H]([C@@H]4C[C@H]34)[C@@H]2C1=O. The van der Waals surface area contributed by atoms with Crippen LogP contribution < -0.4 is 5.32 Å². The molecule has 0 unspecified atom stereocenters. The summed E-state index contributed by atoms with van der Waals surface area (Å²) in [7, 11) is 0. The molecule has 6 rings (SSSR count). The molecule has 1 aromatic carbocycles. The fourth-order valence-corrected chi connectivity index (χ4v) is 6.00. The second kappa shape index (κ2) is 8.08. The average molecular weight is 454 g/mol. The Morgan fingerprint density at radius 3 is 2.18 bits per heavy atom. The third-order valence-corrected chi connectivity index (χ3v) is 7.45. The van der Waals surface area contributed by atoms with Gasteiger partial charge >= 0.3 is 5.97 Å². The van der Waals surface area contributed by atoms with E-state index < -0.39 is 30.3 Å². The lowest BCUT2D eigenvalue weighted by atomic mass is 9.63. The molecule has 8 heteroatoms. The van der Waals surface area contributed by atoms with E-state index in [0.29, 0.717) is 17.5 Å². The van der Waals surface area contributed by atoms with E-state index in [-0.39, 0.29) is 47.8 Å². The van der Waals surface area contributed by atoms with Gasteiger partial charge in [-0.2, -0.15) is 0 Å². The summed E-state index contributed by atoms with van der Waals surface area (Å²) in [6, 6.07) is 4.15. The third kappa shape index (κ3) is 3.75. The first-order valence-electron chi connectivity index (χ1n) is 11.5. The number of carbonyl (C=O) groups excluding carboxylic acids is 4. The molecule has 1 N–H and O–H groups in total. The van der Waals surface area contributed by atoms with Crippen molar-refractivity contribution in [2.24, 2.45) is 41.4 Å². The van der Waals surface area contributed by atoms with Crippen molar-refractivity contribution in [1.29, 1.82) is 0 Å². The van der Waals surface area contributed by atoms with Gasteiger partial charge in [-0.3, -0.25) is 19.3 Å². The molecule has 0 spiro atoms. The highest BCUT2D eigenvalue weighted by atomic mass is 19.1. The Balaban J connectivity index is 1.28. The van der Waals surface area contributed by atoms with Gasteiger partial charge in [0, 0.05) is 5.69 Å². The molecule has 1 aromatic rings. The van der Waals surface area contributed by atoms with Crippen LogP contribution in [0.25, 0.3) is 0 Å².